The Labute approximate surface area is 169 Å². The first-order valence-corrected chi connectivity index (χ1v) is 10.0. The average molecular weight is 395 g/mol. The minimum atomic E-state index is -0.910. The van der Waals surface area contributed by atoms with E-state index in [0.29, 0.717) is 17.2 Å². The largest absolute Gasteiger partial charge is 0.468 e. The normalized spacial score (nSPS) is 19.3. The number of hydrogen-bond donors (Lipinski definition) is 1. The van der Waals surface area contributed by atoms with E-state index in [0.717, 1.165) is 36.5 Å². The second kappa shape index (κ2) is 8.15. The number of methoxy groups -OCH3 is 2. The maximum absolute atomic E-state index is 12.8. The summed E-state index contributed by atoms with van der Waals surface area (Å²) in [5.74, 6) is -1.16. The van der Waals surface area contributed by atoms with E-state index in [4.69, 9.17) is 14.2 Å². The quantitative estimate of drug-likeness (QED) is 0.794. The summed E-state index contributed by atoms with van der Waals surface area (Å²) in [6.45, 7) is 0. The molecule has 1 unspecified atom stereocenters. The molecule has 152 valence electrons. The van der Waals surface area contributed by atoms with Crippen molar-refractivity contribution in [3.05, 3.63) is 53.4 Å². The van der Waals surface area contributed by atoms with Gasteiger partial charge in [-0.15, -0.1) is 0 Å². The lowest BCUT2D eigenvalue weighted by atomic mass is 9.86. The van der Waals surface area contributed by atoms with Gasteiger partial charge in [0.2, 0.25) is 5.88 Å². The molecule has 0 amide bonds. The molecular weight excluding hydrogens is 370 g/mol. The van der Waals surface area contributed by atoms with Crippen LogP contribution in [-0.2, 0) is 19.1 Å². The van der Waals surface area contributed by atoms with Crippen molar-refractivity contribution in [1.82, 2.24) is 5.32 Å². The fraction of sp³-hybridized carbons (Fsp3) is 0.391. The number of benzene rings is 2. The molecule has 2 aromatic rings. The summed E-state index contributed by atoms with van der Waals surface area (Å²) < 4.78 is 16.3. The molecule has 2 aromatic carbocycles. The number of rotatable bonds is 4. The van der Waals surface area contributed by atoms with Gasteiger partial charge in [-0.1, -0.05) is 55.7 Å². The molecular formula is C23H25NO5. The highest BCUT2D eigenvalue weighted by Crippen LogP contribution is 2.44. The zero-order chi connectivity index (χ0) is 20.4. The lowest BCUT2D eigenvalue weighted by Gasteiger charge is -2.32. The van der Waals surface area contributed by atoms with Gasteiger partial charge in [0.1, 0.15) is 17.2 Å². The molecule has 29 heavy (non-hydrogen) atoms. The Morgan fingerprint density at radius 3 is 2.48 bits per heavy atom. The van der Waals surface area contributed by atoms with Crippen LogP contribution >= 0.6 is 0 Å². The van der Waals surface area contributed by atoms with Crippen molar-refractivity contribution in [2.24, 2.45) is 0 Å². The molecule has 0 spiro atoms. The molecule has 0 bridgehead atoms. The van der Waals surface area contributed by atoms with E-state index in [1.54, 1.807) is 0 Å². The predicted octanol–water partition coefficient (Wildman–Crippen LogP) is 3.80. The Kier molecular flexibility index (Phi) is 5.43. The summed E-state index contributed by atoms with van der Waals surface area (Å²) in [7, 11) is 2.62. The first kappa shape index (κ1) is 19.3. The predicted molar refractivity (Wildman–Crippen MR) is 108 cm³/mol. The summed E-state index contributed by atoms with van der Waals surface area (Å²) in [6, 6.07) is 11.7. The number of carbonyl (C=O) groups is 2. The van der Waals surface area contributed by atoms with Crippen LogP contribution in [-0.4, -0.2) is 32.2 Å². The van der Waals surface area contributed by atoms with Crippen molar-refractivity contribution < 1.29 is 23.8 Å². The standard InChI is InChI=1S/C23H25NO5/c1-27-22(25)18-17-13-12-14-8-6-7-11-16(14)20(17)29-21(19(18)23(26)28-2)24-15-9-4-3-5-10-15/h6-8,11-13,15,18,24H,3-5,9-10H2,1-2H3. The number of carbonyl (C=O) groups excluding carboxylic acids is 2. The number of ether oxygens (including phenoxy) is 3. The molecule has 1 aliphatic heterocycles. The Morgan fingerprint density at radius 1 is 1.00 bits per heavy atom. The van der Waals surface area contributed by atoms with Crippen LogP contribution in [0.1, 0.15) is 43.6 Å². The van der Waals surface area contributed by atoms with Crippen LogP contribution in [0.25, 0.3) is 10.8 Å². The zero-order valence-electron chi connectivity index (χ0n) is 16.7. The number of hydrogen-bond acceptors (Lipinski definition) is 6. The molecule has 1 atom stereocenters. The first-order chi connectivity index (χ1) is 14.1. The van der Waals surface area contributed by atoms with Gasteiger partial charge < -0.3 is 19.5 Å². The summed E-state index contributed by atoms with van der Waals surface area (Å²) in [5.41, 5.74) is 0.762. The van der Waals surface area contributed by atoms with E-state index in [2.05, 4.69) is 5.32 Å². The molecule has 1 saturated carbocycles. The third kappa shape index (κ3) is 3.55. The number of nitrogens with one attached hydrogen (secondary N) is 1. The van der Waals surface area contributed by atoms with Gasteiger partial charge in [0.05, 0.1) is 14.2 Å². The second-order valence-electron chi connectivity index (χ2n) is 7.48. The maximum atomic E-state index is 12.8. The second-order valence-corrected chi connectivity index (χ2v) is 7.48. The molecule has 0 aromatic heterocycles. The van der Waals surface area contributed by atoms with Gasteiger partial charge in [0.15, 0.2) is 0 Å². The van der Waals surface area contributed by atoms with Crippen LogP contribution in [0.5, 0.6) is 5.75 Å². The molecule has 1 aliphatic carbocycles. The molecule has 2 aliphatic rings. The molecule has 1 N–H and O–H groups in total. The van der Waals surface area contributed by atoms with Crippen LogP contribution in [0, 0.1) is 0 Å². The third-order valence-corrected chi connectivity index (χ3v) is 5.74. The van der Waals surface area contributed by atoms with Gasteiger partial charge in [-0.05, 0) is 18.2 Å². The van der Waals surface area contributed by atoms with Crippen LogP contribution in [0.4, 0.5) is 0 Å². The van der Waals surface area contributed by atoms with Crippen LogP contribution < -0.4 is 10.1 Å². The monoisotopic (exact) mass is 395 g/mol. The third-order valence-electron chi connectivity index (χ3n) is 5.74. The van der Waals surface area contributed by atoms with E-state index in [1.165, 1.54) is 20.6 Å². The van der Waals surface area contributed by atoms with Crippen molar-refractivity contribution >= 4 is 22.7 Å². The van der Waals surface area contributed by atoms with Gasteiger partial charge in [0.25, 0.3) is 0 Å². The van der Waals surface area contributed by atoms with Gasteiger partial charge in [-0.25, -0.2) is 4.79 Å². The summed E-state index contributed by atoms with van der Waals surface area (Å²) in [4.78, 5) is 25.5. The molecule has 1 fully saturated rings. The van der Waals surface area contributed by atoms with Crippen molar-refractivity contribution in [2.75, 3.05) is 14.2 Å². The molecule has 6 nitrogen and oxygen atoms in total. The molecule has 4 rings (SSSR count). The highest BCUT2D eigenvalue weighted by atomic mass is 16.5. The molecule has 0 radical (unpaired) electrons. The van der Waals surface area contributed by atoms with Crippen molar-refractivity contribution in [3.63, 3.8) is 0 Å². The molecule has 6 heteroatoms. The minimum absolute atomic E-state index is 0.160. The molecule has 1 heterocycles. The lowest BCUT2D eigenvalue weighted by molar-refractivity contribution is -0.145. The fourth-order valence-electron chi connectivity index (χ4n) is 4.27. The summed E-state index contributed by atoms with van der Waals surface area (Å²) >= 11 is 0. The van der Waals surface area contributed by atoms with E-state index in [-0.39, 0.29) is 11.6 Å². The highest BCUT2D eigenvalue weighted by Gasteiger charge is 2.41. The molecule has 0 saturated heterocycles. The van der Waals surface area contributed by atoms with E-state index in [9.17, 15) is 9.59 Å². The summed E-state index contributed by atoms with van der Waals surface area (Å²) in [5, 5.41) is 5.26. The van der Waals surface area contributed by atoms with E-state index in [1.807, 2.05) is 36.4 Å². The fourth-order valence-corrected chi connectivity index (χ4v) is 4.27. The van der Waals surface area contributed by atoms with E-state index < -0.39 is 17.9 Å². The minimum Gasteiger partial charge on any atom is -0.468 e. The van der Waals surface area contributed by atoms with Crippen LogP contribution in [0.3, 0.4) is 0 Å². The lowest BCUT2D eigenvalue weighted by Crippen LogP contribution is -2.38. The topological polar surface area (TPSA) is 73.9 Å². The Balaban J connectivity index is 1.87. The van der Waals surface area contributed by atoms with Crippen LogP contribution in [0.15, 0.2) is 47.9 Å². The highest BCUT2D eigenvalue weighted by molar-refractivity contribution is 6.02. The van der Waals surface area contributed by atoms with Gasteiger partial charge in [0, 0.05) is 17.0 Å². The van der Waals surface area contributed by atoms with Gasteiger partial charge in [-0.3, -0.25) is 4.79 Å². The smallest absolute Gasteiger partial charge is 0.340 e. The Hall–Kier alpha value is -3.02. The first-order valence-electron chi connectivity index (χ1n) is 10.0. The van der Waals surface area contributed by atoms with Crippen molar-refractivity contribution in [2.45, 2.75) is 44.1 Å². The summed E-state index contributed by atoms with van der Waals surface area (Å²) in [6.07, 6.45) is 5.44. The SMILES string of the molecule is COC(=O)C1=C(NC2CCCCC2)Oc2c(ccc3ccccc23)C1C(=O)OC. The van der Waals surface area contributed by atoms with Crippen molar-refractivity contribution in [1.29, 1.82) is 0 Å². The Bertz CT molecular complexity index is 974. The van der Waals surface area contributed by atoms with Gasteiger partial charge >= 0.3 is 11.9 Å². The van der Waals surface area contributed by atoms with Gasteiger partial charge in [-0.2, -0.15) is 0 Å². The van der Waals surface area contributed by atoms with E-state index >= 15 is 0 Å². The van der Waals surface area contributed by atoms with Crippen molar-refractivity contribution in [3.8, 4) is 5.75 Å². The Morgan fingerprint density at radius 2 is 1.76 bits per heavy atom. The van der Waals surface area contributed by atoms with Crippen LogP contribution in [0.2, 0.25) is 0 Å². The number of esters is 2. The zero-order valence-corrected chi connectivity index (χ0v) is 16.7. The average Bonchev–Trinajstić information content (AvgIpc) is 2.77. The number of fused-ring (bicyclic) bond motifs is 3. The maximum Gasteiger partial charge on any atom is 0.340 e.